The molecule has 2 rings (SSSR count). The number of anilines is 1. The third kappa shape index (κ3) is 3.78. The van der Waals surface area contributed by atoms with Gasteiger partial charge in [-0.3, -0.25) is 24.3 Å². The van der Waals surface area contributed by atoms with Gasteiger partial charge < -0.3 is 10.1 Å². The number of hydrogen-bond donors (Lipinski definition) is 1. The van der Waals surface area contributed by atoms with Crippen molar-refractivity contribution in [2.45, 2.75) is 20.4 Å². The van der Waals surface area contributed by atoms with E-state index in [9.17, 15) is 19.7 Å². The number of rotatable bonds is 5. The van der Waals surface area contributed by atoms with E-state index in [1.807, 2.05) is 13.0 Å². The average molecular weight is 331 g/mol. The van der Waals surface area contributed by atoms with Crippen LogP contribution in [0.15, 0.2) is 35.3 Å². The van der Waals surface area contributed by atoms with Crippen LogP contribution in [0.25, 0.3) is 0 Å². The van der Waals surface area contributed by atoms with Gasteiger partial charge in [0.25, 0.3) is 11.2 Å². The van der Waals surface area contributed by atoms with Gasteiger partial charge in [-0.05, 0) is 31.5 Å². The summed E-state index contributed by atoms with van der Waals surface area (Å²) < 4.78 is 6.19. The van der Waals surface area contributed by atoms with E-state index in [1.165, 1.54) is 20.1 Å². The number of aryl methyl sites for hydroxylation is 2. The van der Waals surface area contributed by atoms with Crippen molar-refractivity contribution in [3.63, 3.8) is 0 Å². The molecule has 126 valence electrons. The fourth-order valence-corrected chi connectivity index (χ4v) is 2.25. The van der Waals surface area contributed by atoms with E-state index in [0.29, 0.717) is 11.4 Å². The van der Waals surface area contributed by atoms with Gasteiger partial charge in [-0.2, -0.15) is 0 Å². The van der Waals surface area contributed by atoms with Crippen LogP contribution in [0.2, 0.25) is 0 Å². The van der Waals surface area contributed by atoms with E-state index in [4.69, 9.17) is 4.74 Å². The number of hydrogen-bond acceptors (Lipinski definition) is 5. The van der Waals surface area contributed by atoms with Crippen molar-refractivity contribution in [2.24, 2.45) is 0 Å². The Morgan fingerprint density at radius 3 is 2.67 bits per heavy atom. The Morgan fingerprint density at radius 1 is 1.33 bits per heavy atom. The normalized spacial score (nSPS) is 10.3. The lowest BCUT2D eigenvalue weighted by Crippen LogP contribution is -2.28. The van der Waals surface area contributed by atoms with Gasteiger partial charge in [0, 0.05) is 11.6 Å². The molecule has 8 nitrogen and oxygen atoms in total. The van der Waals surface area contributed by atoms with Crippen molar-refractivity contribution in [1.29, 1.82) is 0 Å². The van der Waals surface area contributed by atoms with Crippen LogP contribution in [0.1, 0.15) is 11.1 Å². The van der Waals surface area contributed by atoms with Crippen molar-refractivity contribution in [3.8, 4) is 5.75 Å². The van der Waals surface area contributed by atoms with Crippen LogP contribution in [0.4, 0.5) is 11.4 Å². The van der Waals surface area contributed by atoms with Gasteiger partial charge in [0.05, 0.1) is 23.9 Å². The second-order valence-corrected chi connectivity index (χ2v) is 5.32. The summed E-state index contributed by atoms with van der Waals surface area (Å²) >= 11 is 0. The Morgan fingerprint density at radius 2 is 2.04 bits per heavy atom. The van der Waals surface area contributed by atoms with E-state index >= 15 is 0 Å². The predicted octanol–water partition coefficient (Wildman–Crippen LogP) is 2.02. The Hall–Kier alpha value is -3.16. The number of aromatic nitrogens is 1. The summed E-state index contributed by atoms with van der Waals surface area (Å²) in [6, 6.07) is 6.47. The molecule has 1 aromatic heterocycles. The second kappa shape index (κ2) is 6.95. The van der Waals surface area contributed by atoms with Gasteiger partial charge in [-0.15, -0.1) is 0 Å². The molecule has 1 heterocycles. The van der Waals surface area contributed by atoms with Gasteiger partial charge in [-0.25, -0.2) is 0 Å². The van der Waals surface area contributed by atoms with Crippen molar-refractivity contribution < 1.29 is 14.5 Å². The maximum atomic E-state index is 12.2. The number of ether oxygens (including phenoxy) is 1. The van der Waals surface area contributed by atoms with E-state index in [1.54, 1.807) is 12.1 Å². The fraction of sp³-hybridized carbons (Fsp3) is 0.250. The molecule has 24 heavy (non-hydrogen) atoms. The molecule has 0 fully saturated rings. The third-order valence-corrected chi connectivity index (χ3v) is 3.40. The molecule has 1 amide bonds. The van der Waals surface area contributed by atoms with Crippen LogP contribution >= 0.6 is 0 Å². The van der Waals surface area contributed by atoms with E-state index in [2.05, 4.69) is 5.32 Å². The number of nitrogens with one attached hydrogen (secondary N) is 1. The van der Waals surface area contributed by atoms with Gasteiger partial charge in [0.15, 0.2) is 0 Å². The van der Waals surface area contributed by atoms with E-state index in [-0.39, 0.29) is 17.8 Å². The number of pyridine rings is 1. The minimum absolute atomic E-state index is 0.199. The third-order valence-electron chi connectivity index (χ3n) is 3.40. The number of carbonyl (C=O) groups excluding carboxylic acids is 1. The highest BCUT2D eigenvalue weighted by atomic mass is 16.6. The Bertz CT molecular complexity index is 857. The van der Waals surface area contributed by atoms with E-state index < -0.39 is 16.4 Å². The standard InChI is InChI=1S/C16H17N3O5/c1-10-4-5-14(24-3)13(6-10)17-15(20)9-18-8-12(19(22)23)7-11(2)16(18)21/h4-8H,9H2,1-3H3,(H,17,20). The highest BCUT2D eigenvalue weighted by Crippen LogP contribution is 2.25. The minimum Gasteiger partial charge on any atom is -0.495 e. The van der Waals surface area contributed by atoms with Crippen molar-refractivity contribution in [3.05, 3.63) is 62.1 Å². The summed E-state index contributed by atoms with van der Waals surface area (Å²) in [6.07, 6.45) is 1.06. The number of nitrogens with zero attached hydrogens (tertiary/aromatic N) is 2. The molecule has 0 saturated carbocycles. The number of nitro groups is 1. The quantitative estimate of drug-likeness (QED) is 0.667. The van der Waals surface area contributed by atoms with Crippen LogP contribution in [-0.2, 0) is 11.3 Å². The number of methoxy groups -OCH3 is 1. The smallest absolute Gasteiger partial charge is 0.286 e. The highest BCUT2D eigenvalue weighted by molar-refractivity contribution is 5.92. The maximum Gasteiger partial charge on any atom is 0.286 e. The predicted molar refractivity (Wildman–Crippen MR) is 88.5 cm³/mol. The Labute approximate surface area is 137 Å². The summed E-state index contributed by atoms with van der Waals surface area (Å²) in [6.45, 7) is 3.00. The fourth-order valence-electron chi connectivity index (χ4n) is 2.25. The van der Waals surface area contributed by atoms with Gasteiger partial charge >= 0.3 is 0 Å². The molecule has 0 saturated heterocycles. The summed E-state index contributed by atoms with van der Waals surface area (Å²) in [5.74, 6) is -0.00239. The molecule has 0 bridgehead atoms. The monoisotopic (exact) mass is 331 g/mol. The lowest BCUT2D eigenvalue weighted by molar-refractivity contribution is -0.385. The number of carbonyl (C=O) groups is 1. The van der Waals surface area contributed by atoms with Crippen molar-refractivity contribution >= 4 is 17.3 Å². The first-order valence-corrected chi connectivity index (χ1v) is 7.12. The molecule has 8 heteroatoms. The molecular weight excluding hydrogens is 314 g/mol. The average Bonchev–Trinajstić information content (AvgIpc) is 2.51. The largest absolute Gasteiger partial charge is 0.495 e. The lowest BCUT2D eigenvalue weighted by Gasteiger charge is -2.12. The number of amides is 1. The summed E-state index contributed by atoms with van der Waals surface area (Å²) in [5.41, 5.74) is 0.900. The molecule has 1 N–H and O–H groups in total. The van der Waals surface area contributed by atoms with Crippen molar-refractivity contribution in [2.75, 3.05) is 12.4 Å². The molecule has 0 atom stereocenters. The molecule has 0 radical (unpaired) electrons. The first kappa shape index (κ1) is 17.2. The molecule has 0 aliphatic heterocycles. The zero-order valence-corrected chi connectivity index (χ0v) is 13.5. The van der Waals surface area contributed by atoms with Gasteiger partial charge in [0.2, 0.25) is 5.91 Å². The molecule has 0 aliphatic rings. The number of benzene rings is 1. The van der Waals surface area contributed by atoms with E-state index in [0.717, 1.165) is 16.3 Å². The summed E-state index contributed by atoms with van der Waals surface area (Å²) in [7, 11) is 1.48. The first-order chi connectivity index (χ1) is 11.3. The second-order valence-electron chi connectivity index (χ2n) is 5.32. The topological polar surface area (TPSA) is 103 Å². The highest BCUT2D eigenvalue weighted by Gasteiger charge is 2.14. The zero-order chi connectivity index (χ0) is 17.9. The van der Waals surface area contributed by atoms with Crippen LogP contribution in [-0.4, -0.2) is 22.5 Å². The van der Waals surface area contributed by atoms with Crippen LogP contribution < -0.4 is 15.6 Å². The molecule has 1 aromatic carbocycles. The van der Waals surface area contributed by atoms with Crippen LogP contribution in [0.3, 0.4) is 0 Å². The van der Waals surface area contributed by atoms with Gasteiger partial charge in [0.1, 0.15) is 12.3 Å². The maximum absolute atomic E-state index is 12.2. The van der Waals surface area contributed by atoms with Crippen LogP contribution in [0.5, 0.6) is 5.75 Å². The molecule has 0 unspecified atom stereocenters. The summed E-state index contributed by atoms with van der Waals surface area (Å²) in [5, 5.41) is 13.5. The first-order valence-electron chi connectivity index (χ1n) is 7.12. The molecule has 2 aromatic rings. The molecular formula is C16H17N3O5. The van der Waals surface area contributed by atoms with Crippen LogP contribution in [0, 0.1) is 24.0 Å². The minimum atomic E-state index is -0.607. The Kier molecular flexibility index (Phi) is 4.98. The molecule has 0 spiro atoms. The lowest BCUT2D eigenvalue weighted by atomic mass is 10.2. The molecule has 0 aliphatic carbocycles. The zero-order valence-electron chi connectivity index (χ0n) is 13.5. The summed E-state index contributed by atoms with van der Waals surface area (Å²) in [4.78, 5) is 34.5. The van der Waals surface area contributed by atoms with Crippen molar-refractivity contribution in [1.82, 2.24) is 4.57 Å². The van der Waals surface area contributed by atoms with Gasteiger partial charge in [-0.1, -0.05) is 6.07 Å². The Balaban J connectivity index is 2.26. The SMILES string of the molecule is COc1ccc(C)cc1NC(=O)Cn1cc([N+](=O)[O-])cc(C)c1=O.